The van der Waals surface area contributed by atoms with Crippen molar-refractivity contribution in [1.82, 2.24) is 4.57 Å². The van der Waals surface area contributed by atoms with Crippen LogP contribution in [0.3, 0.4) is 0 Å². The van der Waals surface area contributed by atoms with E-state index in [1.54, 1.807) is 0 Å². The Morgan fingerprint density at radius 2 is 0.654 bits per heavy atom. The molecule has 0 spiro atoms. The summed E-state index contributed by atoms with van der Waals surface area (Å²) in [6.45, 7) is 0. The Kier molecular flexibility index (Phi) is 8.16. The number of hydrogen-bond donors (Lipinski definition) is 0. The Labute approximate surface area is 305 Å². The van der Waals surface area contributed by atoms with Gasteiger partial charge in [0, 0.05) is 32.4 Å². The van der Waals surface area contributed by atoms with Crippen LogP contribution >= 0.6 is 7.14 Å². The van der Waals surface area contributed by atoms with E-state index >= 15 is 4.57 Å². The Hall–Kier alpha value is -5.99. The summed E-state index contributed by atoms with van der Waals surface area (Å²) in [5, 5.41) is 10.1. The lowest BCUT2D eigenvalue weighted by atomic mass is 10.2. The minimum atomic E-state index is -3.13. The predicted molar refractivity (Wildman–Crippen MR) is 224 cm³/mol. The molecule has 0 radical (unpaired) electrons. The van der Waals surface area contributed by atoms with E-state index < -0.39 is 15.2 Å². The van der Waals surface area contributed by atoms with Gasteiger partial charge in [-0.05, 0) is 45.0 Å². The second-order valence-electron chi connectivity index (χ2n) is 13.2. The molecule has 0 amide bonds. The Morgan fingerprint density at radius 1 is 0.327 bits per heavy atom. The van der Waals surface area contributed by atoms with E-state index in [9.17, 15) is 0 Å². The fourth-order valence-corrected chi connectivity index (χ4v) is 15.4. The maximum atomic E-state index is 15.3. The normalized spacial score (nSPS) is 11.9. The van der Waals surface area contributed by atoms with Crippen molar-refractivity contribution in [3.63, 3.8) is 0 Å². The minimum Gasteiger partial charge on any atom is -0.309 e. The summed E-state index contributed by atoms with van der Waals surface area (Å²) in [6.07, 6.45) is 0. The largest absolute Gasteiger partial charge is 0.309 e. The van der Waals surface area contributed by atoms with Gasteiger partial charge in [0.25, 0.3) is 0 Å². The first-order valence-electron chi connectivity index (χ1n) is 17.7. The molecule has 0 fully saturated rings. The van der Waals surface area contributed by atoms with Crippen LogP contribution in [-0.4, -0.2) is 12.6 Å². The van der Waals surface area contributed by atoms with Gasteiger partial charge in [-0.1, -0.05) is 194 Å². The molecule has 8 aromatic carbocycles. The molecule has 52 heavy (non-hydrogen) atoms. The Bertz CT molecular complexity index is 2540. The second kappa shape index (κ2) is 13.3. The molecule has 2 nitrogen and oxygen atoms in total. The maximum Gasteiger partial charge on any atom is 0.179 e. The Morgan fingerprint density at radius 3 is 1.10 bits per heavy atom. The average Bonchev–Trinajstić information content (AvgIpc) is 3.57. The molecule has 0 unspecified atom stereocenters. The van der Waals surface area contributed by atoms with Gasteiger partial charge in [-0.2, -0.15) is 0 Å². The van der Waals surface area contributed by atoms with Crippen LogP contribution in [0.15, 0.2) is 218 Å². The number of para-hydroxylation sites is 2. The standard InChI is InChI=1S/C48H36NOPSi/c50-51(38-17-5-1-6-18-38,39-19-7-2-8-20-39)40-31-35-44(36-32-40)52(41-21-9-3-10-22-41,42-23-11-4-12-24-42)43-33-29-37(30-34-43)49-47-27-15-13-25-45(47)46-26-14-16-28-48(46)49/h1-36H. The molecule has 0 aliphatic carbocycles. The van der Waals surface area contributed by atoms with Gasteiger partial charge in [0.1, 0.15) is 0 Å². The number of fused-ring (bicyclic) bond motifs is 3. The molecular formula is C48H36NOPSi. The third-order valence-corrected chi connectivity index (χ3v) is 18.3. The van der Waals surface area contributed by atoms with Crippen LogP contribution in [0.4, 0.5) is 0 Å². The molecule has 0 aliphatic rings. The highest BCUT2D eigenvalue weighted by Gasteiger charge is 2.42. The fourth-order valence-electron chi connectivity index (χ4n) is 8.08. The first-order chi connectivity index (χ1) is 25.7. The van der Waals surface area contributed by atoms with Gasteiger partial charge in [-0.25, -0.2) is 0 Å². The molecule has 0 saturated carbocycles. The summed E-state index contributed by atoms with van der Waals surface area (Å²) in [5.41, 5.74) is 3.53. The summed E-state index contributed by atoms with van der Waals surface area (Å²) >= 11 is 0. The molecule has 0 saturated heterocycles. The molecule has 0 N–H and O–H groups in total. The summed E-state index contributed by atoms with van der Waals surface area (Å²) < 4.78 is 17.7. The topological polar surface area (TPSA) is 22.0 Å². The lowest BCUT2D eigenvalue weighted by Gasteiger charge is -2.35. The number of hydrogen-bond acceptors (Lipinski definition) is 1. The molecule has 4 heteroatoms. The van der Waals surface area contributed by atoms with Gasteiger partial charge in [-0.15, -0.1) is 0 Å². The average molecular weight is 702 g/mol. The smallest absolute Gasteiger partial charge is 0.179 e. The molecule has 0 atom stereocenters. The highest BCUT2D eigenvalue weighted by atomic mass is 31.2. The molecule has 1 heterocycles. The van der Waals surface area contributed by atoms with E-state index in [0.717, 1.165) is 21.6 Å². The second-order valence-corrected chi connectivity index (χ2v) is 19.8. The fraction of sp³-hybridized carbons (Fsp3) is 0. The molecule has 9 rings (SSSR count). The van der Waals surface area contributed by atoms with Gasteiger partial charge < -0.3 is 9.13 Å². The number of rotatable bonds is 8. The minimum absolute atomic E-state index is 0.833. The van der Waals surface area contributed by atoms with Crippen LogP contribution in [-0.2, 0) is 4.57 Å². The summed E-state index contributed by atoms with van der Waals surface area (Å²) in [4.78, 5) is 0. The zero-order valence-electron chi connectivity index (χ0n) is 28.6. The van der Waals surface area contributed by atoms with E-state index in [1.165, 1.54) is 42.6 Å². The van der Waals surface area contributed by atoms with E-state index in [4.69, 9.17) is 0 Å². The van der Waals surface area contributed by atoms with Crippen LogP contribution in [0, 0.1) is 0 Å². The third-order valence-electron chi connectivity index (χ3n) is 10.5. The Balaban J connectivity index is 1.25. The number of aromatic nitrogens is 1. The molecule has 9 aromatic rings. The summed E-state index contributed by atoms with van der Waals surface area (Å²) in [7, 11) is -5.98. The maximum absolute atomic E-state index is 15.3. The summed E-state index contributed by atoms with van der Waals surface area (Å²) in [6, 6.07) is 77.1. The first kappa shape index (κ1) is 32.0. The van der Waals surface area contributed by atoms with Crippen molar-refractivity contribution in [2.24, 2.45) is 0 Å². The van der Waals surface area contributed by atoms with Gasteiger partial charge in [0.05, 0.1) is 11.0 Å². The predicted octanol–water partition coefficient (Wildman–Crippen LogP) is 7.80. The van der Waals surface area contributed by atoms with Gasteiger partial charge in [0.2, 0.25) is 0 Å². The van der Waals surface area contributed by atoms with Crippen molar-refractivity contribution in [2.75, 3.05) is 0 Å². The van der Waals surface area contributed by atoms with Crippen LogP contribution < -0.4 is 36.7 Å². The third kappa shape index (κ3) is 5.13. The zero-order valence-corrected chi connectivity index (χ0v) is 30.5. The lowest BCUT2D eigenvalue weighted by Crippen LogP contribution is -2.74. The van der Waals surface area contributed by atoms with Crippen LogP contribution in [0.1, 0.15) is 0 Å². The van der Waals surface area contributed by atoms with Gasteiger partial charge >= 0.3 is 0 Å². The molecule has 1 aromatic heterocycles. The van der Waals surface area contributed by atoms with Gasteiger partial charge in [-0.3, -0.25) is 0 Å². The highest BCUT2D eigenvalue weighted by molar-refractivity contribution is 7.85. The molecule has 0 bridgehead atoms. The van der Waals surface area contributed by atoms with E-state index in [2.05, 4.69) is 162 Å². The van der Waals surface area contributed by atoms with E-state index in [0.29, 0.717) is 0 Å². The summed E-state index contributed by atoms with van der Waals surface area (Å²) in [5.74, 6) is 0. The van der Waals surface area contributed by atoms with Crippen molar-refractivity contribution in [2.45, 2.75) is 0 Å². The lowest BCUT2D eigenvalue weighted by molar-refractivity contribution is 0.592. The monoisotopic (exact) mass is 701 g/mol. The number of nitrogens with zero attached hydrogens (tertiary/aromatic N) is 1. The van der Waals surface area contributed by atoms with E-state index in [1.807, 2.05) is 60.7 Å². The van der Waals surface area contributed by atoms with Crippen LogP contribution in [0.5, 0.6) is 0 Å². The van der Waals surface area contributed by atoms with E-state index in [-0.39, 0.29) is 0 Å². The highest BCUT2D eigenvalue weighted by Crippen LogP contribution is 2.42. The van der Waals surface area contributed by atoms with Crippen molar-refractivity contribution in [3.8, 4) is 5.69 Å². The zero-order chi connectivity index (χ0) is 35.0. The van der Waals surface area contributed by atoms with Crippen molar-refractivity contribution < 1.29 is 4.57 Å². The molecule has 0 aliphatic heterocycles. The quantitative estimate of drug-likeness (QED) is 0.0901. The SMILES string of the molecule is O=P(c1ccccc1)(c1ccccc1)c1ccc([Si](c2ccccc2)(c2ccccc2)c2ccc(-n3c4ccccc4c4ccccc43)cc2)cc1. The van der Waals surface area contributed by atoms with Crippen molar-refractivity contribution in [1.29, 1.82) is 0 Å². The van der Waals surface area contributed by atoms with Crippen LogP contribution in [0.2, 0.25) is 0 Å². The van der Waals surface area contributed by atoms with Crippen molar-refractivity contribution in [3.05, 3.63) is 218 Å². The van der Waals surface area contributed by atoms with Crippen LogP contribution in [0.25, 0.3) is 27.5 Å². The molecule has 248 valence electrons. The number of benzene rings is 8. The molecular weight excluding hydrogens is 666 g/mol. The first-order valence-corrected chi connectivity index (χ1v) is 21.4. The van der Waals surface area contributed by atoms with Gasteiger partial charge in [0.15, 0.2) is 15.2 Å². The van der Waals surface area contributed by atoms with Crippen molar-refractivity contribution >= 4 is 73.7 Å².